The summed E-state index contributed by atoms with van der Waals surface area (Å²) in [6.07, 6.45) is 4.17. The van der Waals surface area contributed by atoms with Crippen LogP contribution in [0.25, 0.3) is 11.5 Å². The predicted molar refractivity (Wildman–Crippen MR) is 57.7 cm³/mol. The Morgan fingerprint density at radius 1 is 1.53 bits per heavy atom. The van der Waals surface area contributed by atoms with Gasteiger partial charge >= 0.3 is 0 Å². The number of rotatable bonds is 3. The summed E-state index contributed by atoms with van der Waals surface area (Å²) >= 11 is 0. The second kappa shape index (κ2) is 3.15. The van der Waals surface area contributed by atoms with Crippen LogP contribution in [0.4, 0.5) is 5.82 Å². The third kappa shape index (κ3) is 1.52. The van der Waals surface area contributed by atoms with Gasteiger partial charge in [0.1, 0.15) is 5.69 Å². The van der Waals surface area contributed by atoms with Crippen molar-refractivity contribution in [2.24, 2.45) is 0 Å². The Balaban J connectivity index is 1.92. The van der Waals surface area contributed by atoms with Crippen LogP contribution in [0.2, 0.25) is 0 Å². The third-order valence-electron chi connectivity index (χ3n) is 2.70. The van der Waals surface area contributed by atoms with Gasteiger partial charge in [-0.05, 0) is 31.9 Å². The number of nitrogens with one attached hydrogen (secondary N) is 2. The van der Waals surface area contributed by atoms with Crippen molar-refractivity contribution in [1.82, 2.24) is 10.2 Å². The van der Waals surface area contributed by atoms with Crippen LogP contribution < -0.4 is 5.32 Å². The Morgan fingerprint density at radius 3 is 3.07 bits per heavy atom. The van der Waals surface area contributed by atoms with Gasteiger partial charge in [-0.2, -0.15) is 5.10 Å². The molecule has 0 aliphatic heterocycles. The number of aromatic nitrogens is 2. The van der Waals surface area contributed by atoms with Crippen LogP contribution in [-0.2, 0) is 0 Å². The molecule has 0 amide bonds. The molecular formula is C11H13N3O. The van der Waals surface area contributed by atoms with Crippen molar-refractivity contribution in [3.63, 3.8) is 0 Å². The maximum Gasteiger partial charge on any atom is 0.151 e. The topological polar surface area (TPSA) is 53.9 Å². The highest BCUT2D eigenvalue weighted by atomic mass is 16.3. The van der Waals surface area contributed by atoms with Gasteiger partial charge < -0.3 is 9.73 Å². The molecule has 0 saturated heterocycles. The van der Waals surface area contributed by atoms with Crippen molar-refractivity contribution in [2.75, 3.05) is 5.32 Å². The van der Waals surface area contributed by atoms with Crippen LogP contribution >= 0.6 is 0 Å². The lowest BCUT2D eigenvalue weighted by atomic mass is 10.2. The van der Waals surface area contributed by atoms with Gasteiger partial charge in [0.05, 0.1) is 6.26 Å². The van der Waals surface area contributed by atoms with Crippen LogP contribution in [0.15, 0.2) is 22.8 Å². The quantitative estimate of drug-likeness (QED) is 0.806. The van der Waals surface area contributed by atoms with Gasteiger partial charge in [0, 0.05) is 11.6 Å². The molecule has 3 rings (SSSR count). The van der Waals surface area contributed by atoms with E-state index in [9.17, 15) is 0 Å². The maximum absolute atomic E-state index is 5.34. The molecule has 1 aliphatic rings. The smallest absolute Gasteiger partial charge is 0.151 e. The Bertz CT molecular complexity index is 454. The summed E-state index contributed by atoms with van der Waals surface area (Å²) in [5, 5.41) is 10.6. The Labute approximate surface area is 87.7 Å². The second-order valence-electron chi connectivity index (χ2n) is 3.97. The lowest BCUT2D eigenvalue weighted by Gasteiger charge is -2.00. The van der Waals surface area contributed by atoms with Crippen molar-refractivity contribution in [2.45, 2.75) is 25.8 Å². The van der Waals surface area contributed by atoms with E-state index in [0.717, 1.165) is 22.8 Å². The van der Waals surface area contributed by atoms with Gasteiger partial charge in [0.15, 0.2) is 11.6 Å². The number of aromatic amines is 1. The summed E-state index contributed by atoms with van der Waals surface area (Å²) in [4.78, 5) is 0. The maximum atomic E-state index is 5.34. The molecule has 1 saturated carbocycles. The van der Waals surface area contributed by atoms with E-state index in [1.54, 1.807) is 6.26 Å². The number of furan rings is 1. The number of nitrogens with zero attached hydrogens (tertiary/aromatic N) is 1. The van der Waals surface area contributed by atoms with Crippen molar-refractivity contribution in [3.05, 3.63) is 24.0 Å². The zero-order valence-corrected chi connectivity index (χ0v) is 8.58. The standard InChI is InChI=1S/C11H13N3O/c1-7-10(9-3-2-6-15-9)13-14-11(7)12-8-4-5-8/h2-3,6,8H,4-5H2,1H3,(H2,12,13,14). The van der Waals surface area contributed by atoms with Gasteiger partial charge in [-0.15, -0.1) is 0 Å². The van der Waals surface area contributed by atoms with E-state index in [0.29, 0.717) is 6.04 Å². The fourth-order valence-electron chi connectivity index (χ4n) is 1.62. The molecule has 2 aromatic rings. The van der Waals surface area contributed by atoms with E-state index in [-0.39, 0.29) is 0 Å². The molecule has 0 atom stereocenters. The summed E-state index contributed by atoms with van der Waals surface area (Å²) in [5.41, 5.74) is 2.08. The first-order chi connectivity index (χ1) is 7.34. The highest BCUT2D eigenvalue weighted by Gasteiger charge is 2.23. The monoisotopic (exact) mass is 203 g/mol. The molecular weight excluding hydrogens is 190 g/mol. The molecule has 0 bridgehead atoms. The van der Waals surface area contributed by atoms with E-state index in [2.05, 4.69) is 15.5 Å². The summed E-state index contributed by atoms with van der Waals surface area (Å²) in [7, 11) is 0. The van der Waals surface area contributed by atoms with E-state index >= 15 is 0 Å². The fourth-order valence-corrected chi connectivity index (χ4v) is 1.62. The predicted octanol–water partition coefficient (Wildman–Crippen LogP) is 2.55. The first-order valence-corrected chi connectivity index (χ1v) is 5.20. The van der Waals surface area contributed by atoms with Gasteiger partial charge in [-0.25, -0.2) is 0 Å². The van der Waals surface area contributed by atoms with Crippen molar-refractivity contribution < 1.29 is 4.42 Å². The van der Waals surface area contributed by atoms with Crippen molar-refractivity contribution >= 4 is 5.82 Å². The number of hydrogen-bond donors (Lipinski definition) is 2. The summed E-state index contributed by atoms with van der Waals surface area (Å²) in [6, 6.07) is 4.43. The molecule has 4 nitrogen and oxygen atoms in total. The Kier molecular flexibility index (Phi) is 1.80. The lowest BCUT2D eigenvalue weighted by molar-refractivity contribution is 0.579. The van der Waals surface area contributed by atoms with Gasteiger partial charge in [0.2, 0.25) is 0 Å². The lowest BCUT2D eigenvalue weighted by Crippen LogP contribution is -2.02. The number of hydrogen-bond acceptors (Lipinski definition) is 3. The average molecular weight is 203 g/mol. The third-order valence-corrected chi connectivity index (χ3v) is 2.70. The molecule has 0 unspecified atom stereocenters. The zero-order chi connectivity index (χ0) is 10.3. The number of H-pyrrole nitrogens is 1. The van der Waals surface area contributed by atoms with Crippen LogP contribution in [-0.4, -0.2) is 16.2 Å². The van der Waals surface area contributed by atoms with Gasteiger partial charge in [-0.1, -0.05) is 0 Å². The van der Waals surface area contributed by atoms with Crippen LogP contribution in [0.3, 0.4) is 0 Å². The average Bonchev–Trinajstić information content (AvgIpc) is 2.75. The van der Waals surface area contributed by atoms with Crippen molar-refractivity contribution in [1.29, 1.82) is 0 Å². The first-order valence-electron chi connectivity index (χ1n) is 5.20. The first kappa shape index (κ1) is 8.59. The SMILES string of the molecule is Cc1c(NC2CC2)n[nH]c1-c1ccco1. The highest BCUT2D eigenvalue weighted by Crippen LogP contribution is 2.30. The summed E-state index contributed by atoms with van der Waals surface area (Å²) in [6.45, 7) is 2.05. The van der Waals surface area contributed by atoms with E-state index < -0.39 is 0 Å². The highest BCUT2D eigenvalue weighted by molar-refractivity contribution is 5.64. The van der Waals surface area contributed by atoms with Crippen LogP contribution in [0, 0.1) is 6.92 Å². The normalized spacial score (nSPS) is 15.5. The molecule has 4 heteroatoms. The molecule has 1 fully saturated rings. The zero-order valence-electron chi connectivity index (χ0n) is 8.58. The Morgan fingerprint density at radius 2 is 2.40 bits per heavy atom. The van der Waals surface area contributed by atoms with Crippen LogP contribution in [0.5, 0.6) is 0 Å². The number of anilines is 1. The molecule has 0 radical (unpaired) electrons. The Hall–Kier alpha value is -1.71. The van der Waals surface area contributed by atoms with Crippen LogP contribution in [0.1, 0.15) is 18.4 Å². The molecule has 15 heavy (non-hydrogen) atoms. The molecule has 2 heterocycles. The fraction of sp³-hybridized carbons (Fsp3) is 0.364. The van der Waals surface area contributed by atoms with Gasteiger partial charge in [-0.3, -0.25) is 5.10 Å². The van der Waals surface area contributed by atoms with Gasteiger partial charge in [0.25, 0.3) is 0 Å². The molecule has 1 aliphatic carbocycles. The van der Waals surface area contributed by atoms with Crippen molar-refractivity contribution in [3.8, 4) is 11.5 Å². The minimum absolute atomic E-state index is 0.622. The molecule has 78 valence electrons. The molecule has 0 aromatic carbocycles. The summed E-state index contributed by atoms with van der Waals surface area (Å²) < 4.78 is 5.34. The van der Waals surface area contributed by atoms with E-state index in [1.165, 1.54) is 12.8 Å². The second-order valence-corrected chi connectivity index (χ2v) is 3.97. The summed E-state index contributed by atoms with van der Waals surface area (Å²) in [5.74, 6) is 1.78. The largest absolute Gasteiger partial charge is 0.463 e. The molecule has 2 aromatic heterocycles. The van der Waals surface area contributed by atoms with E-state index in [1.807, 2.05) is 19.1 Å². The van der Waals surface area contributed by atoms with E-state index in [4.69, 9.17) is 4.42 Å². The molecule has 2 N–H and O–H groups in total. The minimum Gasteiger partial charge on any atom is -0.463 e. The minimum atomic E-state index is 0.622. The molecule has 0 spiro atoms.